The number of amides is 4. The van der Waals surface area contributed by atoms with E-state index in [1.54, 1.807) is 18.2 Å². The second-order valence-corrected chi connectivity index (χ2v) is 6.49. The number of aryl methyl sites for hydroxylation is 1. The average molecular weight is 369 g/mol. The van der Waals surface area contributed by atoms with E-state index < -0.39 is 35.7 Å². The third kappa shape index (κ3) is 3.40. The Morgan fingerprint density at radius 2 is 1.81 bits per heavy atom. The van der Waals surface area contributed by atoms with Crippen LogP contribution in [0, 0.1) is 5.82 Å². The van der Waals surface area contributed by atoms with E-state index >= 15 is 0 Å². The van der Waals surface area contributed by atoms with Gasteiger partial charge in [-0.25, -0.2) is 9.18 Å². The first-order chi connectivity index (χ1) is 12.9. The number of nitrogens with zero attached hydrogens (tertiary/aromatic N) is 1. The van der Waals surface area contributed by atoms with E-state index in [-0.39, 0.29) is 5.56 Å². The third-order valence-corrected chi connectivity index (χ3v) is 4.66. The van der Waals surface area contributed by atoms with Crippen molar-refractivity contribution in [3.63, 3.8) is 0 Å². The molecule has 6 nitrogen and oxygen atoms in total. The van der Waals surface area contributed by atoms with Gasteiger partial charge in [-0.05, 0) is 31.0 Å². The van der Waals surface area contributed by atoms with Crippen LogP contribution in [0.2, 0.25) is 0 Å². The summed E-state index contributed by atoms with van der Waals surface area (Å²) in [6, 6.07) is 12.3. The van der Waals surface area contributed by atoms with E-state index in [4.69, 9.17) is 0 Å². The lowest BCUT2D eigenvalue weighted by Gasteiger charge is -2.22. The Hall–Kier alpha value is -3.22. The number of carbonyl (C=O) groups excluding carboxylic acids is 3. The van der Waals surface area contributed by atoms with Crippen molar-refractivity contribution >= 4 is 23.5 Å². The SMILES string of the molecule is CCc1ccccc1NC(=O)CN1C(=O)N[C@](C)(c2ccccc2F)C1=O. The molecule has 0 radical (unpaired) electrons. The van der Waals surface area contributed by atoms with Crippen molar-refractivity contribution in [2.45, 2.75) is 25.8 Å². The average Bonchev–Trinajstić information content (AvgIpc) is 2.86. The van der Waals surface area contributed by atoms with Gasteiger partial charge in [0.25, 0.3) is 5.91 Å². The van der Waals surface area contributed by atoms with Gasteiger partial charge < -0.3 is 10.6 Å². The highest BCUT2D eigenvalue weighted by Crippen LogP contribution is 2.30. The normalized spacial score (nSPS) is 19.1. The fraction of sp³-hybridized carbons (Fsp3) is 0.250. The minimum atomic E-state index is -1.55. The van der Waals surface area contributed by atoms with Crippen molar-refractivity contribution in [3.05, 3.63) is 65.5 Å². The summed E-state index contributed by atoms with van der Waals surface area (Å²) in [4.78, 5) is 38.3. The van der Waals surface area contributed by atoms with Gasteiger partial charge in [-0.3, -0.25) is 14.5 Å². The lowest BCUT2D eigenvalue weighted by Crippen LogP contribution is -2.42. The van der Waals surface area contributed by atoms with Gasteiger partial charge in [-0.15, -0.1) is 0 Å². The number of imide groups is 1. The van der Waals surface area contributed by atoms with Gasteiger partial charge in [0.15, 0.2) is 0 Å². The van der Waals surface area contributed by atoms with E-state index in [0.29, 0.717) is 5.69 Å². The van der Waals surface area contributed by atoms with E-state index in [1.807, 2.05) is 19.1 Å². The third-order valence-electron chi connectivity index (χ3n) is 4.66. The maximum atomic E-state index is 14.1. The topological polar surface area (TPSA) is 78.5 Å². The molecule has 4 amide bonds. The summed E-state index contributed by atoms with van der Waals surface area (Å²) in [7, 11) is 0. The molecule has 1 aliphatic rings. The molecule has 1 heterocycles. The monoisotopic (exact) mass is 369 g/mol. The predicted octanol–water partition coefficient (Wildman–Crippen LogP) is 2.79. The van der Waals surface area contributed by atoms with Crippen molar-refractivity contribution in [2.75, 3.05) is 11.9 Å². The van der Waals surface area contributed by atoms with Crippen LogP contribution < -0.4 is 10.6 Å². The molecule has 3 rings (SSSR count). The molecule has 0 aromatic heterocycles. The minimum Gasteiger partial charge on any atom is -0.324 e. The summed E-state index contributed by atoms with van der Waals surface area (Å²) in [5.74, 6) is -1.77. The van der Waals surface area contributed by atoms with Gasteiger partial charge >= 0.3 is 6.03 Å². The number of para-hydroxylation sites is 1. The molecule has 2 N–H and O–H groups in total. The van der Waals surface area contributed by atoms with Gasteiger partial charge in [0, 0.05) is 11.3 Å². The molecular formula is C20H20FN3O3. The number of rotatable bonds is 5. The van der Waals surface area contributed by atoms with Gasteiger partial charge in [-0.1, -0.05) is 43.3 Å². The Labute approximate surface area is 156 Å². The highest BCUT2D eigenvalue weighted by atomic mass is 19.1. The van der Waals surface area contributed by atoms with E-state index in [1.165, 1.54) is 25.1 Å². The Bertz CT molecular complexity index is 915. The summed E-state index contributed by atoms with van der Waals surface area (Å²) < 4.78 is 14.1. The summed E-state index contributed by atoms with van der Waals surface area (Å²) >= 11 is 0. The molecule has 7 heteroatoms. The van der Waals surface area contributed by atoms with Crippen LogP contribution >= 0.6 is 0 Å². The number of hydrogen-bond acceptors (Lipinski definition) is 3. The van der Waals surface area contributed by atoms with Crippen molar-refractivity contribution < 1.29 is 18.8 Å². The van der Waals surface area contributed by atoms with Crippen LogP contribution in [0.4, 0.5) is 14.9 Å². The summed E-state index contributed by atoms with van der Waals surface area (Å²) in [5.41, 5.74) is 0.0834. The Kier molecular flexibility index (Phi) is 4.94. The summed E-state index contributed by atoms with van der Waals surface area (Å²) in [6.45, 7) is 2.94. The molecule has 0 aliphatic carbocycles. The van der Waals surface area contributed by atoms with Gasteiger partial charge in [-0.2, -0.15) is 0 Å². The lowest BCUT2D eigenvalue weighted by atomic mass is 9.91. The largest absolute Gasteiger partial charge is 0.325 e. The van der Waals surface area contributed by atoms with Crippen LogP contribution in [0.5, 0.6) is 0 Å². The molecule has 1 saturated heterocycles. The Balaban J connectivity index is 1.78. The van der Waals surface area contributed by atoms with Gasteiger partial charge in [0.1, 0.15) is 17.9 Å². The zero-order chi connectivity index (χ0) is 19.6. The lowest BCUT2D eigenvalue weighted by molar-refractivity contribution is -0.133. The van der Waals surface area contributed by atoms with E-state index in [2.05, 4.69) is 10.6 Å². The fourth-order valence-electron chi connectivity index (χ4n) is 3.17. The molecule has 1 fully saturated rings. The fourth-order valence-corrected chi connectivity index (χ4v) is 3.17. The zero-order valence-electron chi connectivity index (χ0n) is 15.1. The van der Waals surface area contributed by atoms with Gasteiger partial charge in [0.2, 0.25) is 5.91 Å². The molecule has 140 valence electrons. The van der Waals surface area contributed by atoms with E-state index in [0.717, 1.165) is 16.9 Å². The number of halogens is 1. The van der Waals surface area contributed by atoms with E-state index in [9.17, 15) is 18.8 Å². The Morgan fingerprint density at radius 3 is 2.52 bits per heavy atom. The van der Waals surface area contributed by atoms with Crippen molar-refractivity contribution in [2.24, 2.45) is 0 Å². The standard InChI is InChI=1S/C20H20FN3O3/c1-3-13-8-4-7-11-16(13)22-17(25)12-24-18(26)20(2,23-19(24)27)14-9-5-6-10-15(14)21/h4-11H,3,12H2,1-2H3,(H,22,25)(H,23,27)/t20-/m1/s1. The number of carbonyl (C=O) groups is 3. The molecule has 0 saturated carbocycles. The quantitative estimate of drug-likeness (QED) is 0.796. The van der Waals surface area contributed by atoms with Crippen molar-refractivity contribution in [3.8, 4) is 0 Å². The number of hydrogen-bond donors (Lipinski definition) is 2. The maximum absolute atomic E-state index is 14.1. The number of anilines is 1. The Morgan fingerprint density at radius 1 is 1.15 bits per heavy atom. The molecule has 1 aliphatic heterocycles. The van der Waals surface area contributed by atoms with Crippen LogP contribution in [0.3, 0.4) is 0 Å². The predicted molar refractivity (Wildman–Crippen MR) is 98.4 cm³/mol. The second-order valence-electron chi connectivity index (χ2n) is 6.49. The van der Waals surface area contributed by atoms with Crippen LogP contribution in [0.25, 0.3) is 0 Å². The number of nitrogens with one attached hydrogen (secondary N) is 2. The van der Waals surface area contributed by atoms with Crippen LogP contribution in [-0.2, 0) is 21.5 Å². The molecule has 2 aromatic rings. The summed E-state index contributed by atoms with van der Waals surface area (Å²) in [5, 5.41) is 5.22. The highest BCUT2D eigenvalue weighted by Gasteiger charge is 2.50. The van der Waals surface area contributed by atoms with Crippen LogP contribution in [-0.4, -0.2) is 29.3 Å². The first-order valence-corrected chi connectivity index (χ1v) is 8.63. The smallest absolute Gasteiger partial charge is 0.324 e. The van der Waals surface area contributed by atoms with Crippen molar-refractivity contribution in [1.82, 2.24) is 10.2 Å². The minimum absolute atomic E-state index is 0.0580. The summed E-state index contributed by atoms with van der Waals surface area (Å²) in [6.07, 6.45) is 0.727. The first-order valence-electron chi connectivity index (χ1n) is 8.63. The van der Waals surface area contributed by atoms with Gasteiger partial charge in [0.05, 0.1) is 0 Å². The molecule has 0 spiro atoms. The molecule has 0 unspecified atom stereocenters. The van der Waals surface area contributed by atoms with Crippen LogP contribution in [0.15, 0.2) is 48.5 Å². The highest BCUT2D eigenvalue weighted by molar-refractivity contribution is 6.10. The maximum Gasteiger partial charge on any atom is 0.325 e. The molecule has 27 heavy (non-hydrogen) atoms. The molecule has 0 bridgehead atoms. The number of urea groups is 1. The molecule has 1 atom stereocenters. The number of benzene rings is 2. The van der Waals surface area contributed by atoms with Crippen molar-refractivity contribution in [1.29, 1.82) is 0 Å². The molecule has 2 aromatic carbocycles. The first kappa shape index (κ1) is 18.6. The zero-order valence-corrected chi connectivity index (χ0v) is 15.1. The van der Waals surface area contributed by atoms with Crippen LogP contribution in [0.1, 0.15) is 25.0 Å². The molecular weight excluding hydrogens is 349 g/mol. The second kappa shape index (κ2) is 7.19.